The fourth-order valence-corrected chi connectivity index (χ4v) is 3.88. The molecule has 2 N–H and O–H groups in total. The van der Waals surface area contributed by atoms with Crippen LogP contribution >= 0.6 is 0 Å². The third kappa shape index (κ3) is 6.41. The predicted octanol–water partition coefficient (Wildman–Crippen LogP) is 3.33. The SMILES string of the molecule is Cc1ccc(S(=O)(=O)NCc2ccc(/C=C(/C#N)C(=O)NCCc3ccccc3)o2)cc1. The largest absolute Gasteiger partial charge is 0.460 e. The number of sulfonamides is 1. The van der Waals surface area contributed by atoms with Crippen LogP contribution in [0.5, 0.6) is 0 Å². The van der Waals surface area contributed by atoms with Gasteiger partial charge in [0.25, 0.3) is 5.91 Å². The molecule has 0 saturated carbocycles. The van der Waals surface area contributed by atoms with E-state index in [1.807, 2.05) is 43.3 Å². The first-order valence-corrected chi connectivity index (χ1v) is 11.4. The highest BCUT2D eigenvalue weighted by molar-refractivity contribution is 7.89. The van der Waals surface area contributed by atoms with E-state index in [0.29, 0.717) is 18.7 Å². The molecule has 1 amide bonds. The third-order valence-electron chi connectivity index (χ3n) is 4.64. The third-order valence-corrected chi connectivity index (χ3v) is 6.06. The molecule has 0 aliphatic heterocycles. The second-order valence-corrected chi connectivity index (χ2v) is 8.87. The van der Waals surface area contributed by atoms with Gasteiger partial charge in [0, 0.05) is 12.6 Å². The van der Waals surface area contributed by atoms with Crippen molar-refractivity contribution in [3.63, 3.8) is 0 Å². The van der Waals surface area contributed by atoms with Gasteiger partial charge in [0.2, 0.25) is 10.0 Å². The lowest BCUT2D eigenvalue weighted by Crippen LogP contribution is -2.26. The zero-order chi connectivity index (χ0) is 23.0. The molecule has 0 atom stereocenters. The van der Waals surface area contributed by atoms with Crippen molar-refractivity contribution in [2.24, 2.45) is 0 Å². The highest BCUT2D eigenvalue weighted by Crippen LogP contribution is 2.14. The molecular weight excluding hydrogens is 426 g/mol. The molecule has 0 aliphatic carbocycles. The average Bonchev–Trinajstić information content (AvgIpc) is 3.24. The molecule has 7 nitrogen and oxygen atoms in total. The first-order chi connectivity index (χ1) is 15.4. The second kappa shape index (κ2) is 10.6. The van der Waals surface area contributed by atoms with E-state index in [1.54, 1.807) is 24.3 Å². The monoisotopic (exact) mass is 449 g/mol. The van der Waals surface area contributed by atoms with E-state index in [9.17, 15) is 18.5 Å². The zero-order valence-electron chi connectivity index (χ0n) is 17.5. The van der Waals surface area contributed by atoms with Crippen LogP contribution in [0.1, 0.15) is 22.6 Å². The number of amides is 1. The van der Waals surface area contributed by atoms with Gasteiger partial charge in [-0.05, 0) is 43.2 Å². The van der Waals surface area contributed by atoms with Gasteiger partial charge in [-0.15, -0.1) is 0 Å². The Morgan fingerprint density at radius 3 is 2.47 bits per heavy atom. The number of nitrogens with zero attached hydrogens (tertiary/aromatic N) is 1. The molecule has 0 bridgehead atoms. The van der Waals surface area contributed by atoms with Gasteiger partial charge in [-0.3, -0.25) is 4.79 Å². The normalized spacial score (nSPS) is 11.7. The van der Waals surface area contributed by atoms with Crippen molar-refractivity contribution in [1.29, 1.82) is 5.26 Å². The number of carbonyl (C=O) groups excluding carboxylic acids is 1. The summed E-state index contributed by atoms with van der Waals surface area (Å²) in [6, 6.07) is 21.2. The summed E-state index contributed by atoms with van der Waals surface area (Å²) < 4.78 is 32.8. The molecule has 3 aromatic rings. The summed E-state index contributed by atoms with van der Waals surface area (Å²) in [5.74, 6) is 0.138. The molecule has 0 saturated heterocycles. The lowest BCUT2D eigenvalue weighted by atomic mass is 10.1. The van der Waals surface area contributed by atoms with Crippen LogP contribution in [0.4, 0.5) is 0 Å². The van der Waals surface area contributed by atoms with Crippen LogP contribution in [0.15, 0.2) is 81.6 Å². The van der Waals surface area contributed by atoms with Gasteiger partial charge in [-0.25, -0.2) is 13.1 Å². The Kier molecular flexibility index (Phi) is 7.60. The first kappa shape index (κ1) is 23.0. The van der Waals surface area contributed by atoms with Crippen LogP contribution in [-0.2, 0) is 27.8 Å². The Labute approximate surface area is 187 Å². The highest BCUT2D eigenvalue weighted by atomic mass is 32.2. The van der Waals surface area contributed by atoms with E-state index in [-0.39, 0.29) is 22.8 Å². The quantitative estimate of drug-likeness (QED) is 0.384. The number of carbonyl (C=O) groups is 1. The Morgan fingerprint density at radius 2 is 1.78 bits per heavy atom. The molecule has 8 heteroatoms. The summed E-state index contributed by atoms with van der Waals surface area (Å²) in [5, 5.41) is 12.0. The zero-order valence-corrected chi connectivity index (χ0v) is 18.4. The van der Waals surface area contributed by atoms with Crippen LogP contribution < -0.4 is 10.0 Å². The maximum absolute atomic E-state index is 12.4. The maximum atomic E-state index is 12.4. The number of aryl methyl sites for hydroxylation is 1. The van der Waals surface area contributed by atoms with E-state index in [0.717, 1.165) is 11.1 Å². The van der Waals surface area contributed by atoms with E-state index in [2.05, 4.69) is 10.0 Å². The lowest BCUT2D eigenvalue weighted by Gasteiger charge is -2.05. The summed E-state index contributed by atoms with van der Waals surface area (Å²) in [6.07, 6.45) is 1.98. The summed E-state index contributed by atoms with van der Waals surface area (Å²) in [6.45, 7) is 2.21. The van der Waals surface area contributed by atoms with Gasteiger partial charge in [0.05, 0.1) is 11.4 Å². The fraction of sp³-hybridized carbons (Fsp3) is 0.167. The summed E-state index contributed by atoms with van der Waals surface area (Å²) >= 11 is 0. The average molecular weight is 450 g/mol. The van der Waals surface area contributed by atoms with Crippen LogP contribution in [-0.4, -0.2) is 20.9 Å². The van der Waals surface area contributed by atoms with Gasteiger partial charge in [-0.2, -0.15) is 5.26 Å². The number of furan rings is 1. The van der Waals surface area contributed by atoms with Gasteiger partial charge in [-0.1, -0.05) is 48.0 Å². The van der Waals surface area contributed by atoms with Crippen LogP contribution in [0, 0.1) is 18.3 Å². The summed E-state index contributed by atoms with van der Waals surface area (Å²) in [7, 11) is -3.68. The number of nitriles is 1. The molecule has 1 aromatic heterocycles. The van der Waals surface area contributed by atoms with Gasteiger partial charge in [0.15, 0.2) is 0 Å². The van der Waals surface area contributed by atoms with Crippen LogP contribution in [0.25, 0.3) is 6.08 Å². The molecule has 2 aromatic carbocycles. The smallest absolute Gasteiger partial charge is 0.262 e. The van der Waals surface area contributed by atoms with Crippen molar-refractivity contribution in [3.8, 4) is 6.07 Å². The van der Waals surface area contributed by atoms with Crippen molar-refractivity contribution in [2.75, 3.05) is 6.54 Å². The highest BCUT2D eigenvalue weighted by Gasteiger charge is 2.15. The Balaban J connectivity index is 1.57. The first-order valence-electron chi connectivity index (χ1n) is 9.96. The molecule has 32 heavy (non-hydrogen) atoms. The molecule has 0 radical (unpaired) electrons. The Hall–Kier alpha value is -3.67. The number of rotatable bonds is 9. The van der Waals surface area contributed by atoms with Crippen LogP contribution in [0.2, 0.25) is 0 Å². The van der Waals surface area contributed by atoms with Crippen molar-refractivity contribution in [1.82, 2.24) is 10.0 Å². The summed E-state index contributed by atoms with van der Waals surface area (Å²) in [5.41, 5.74) is 1.95. The fourth-order valence-electron chi connectivity index (χ4n) is 2.89. The maximum Gasteiger partial charge on any atom is 0.262 e. The van der Waals surface area contributed by atoms with E-state index < -0.39 is 15.9 Å². The predicted molar refractivity (Wildman–Crippen MR) is 121 cm³/mol. The number of hydrogen-bond donors (Lipinski definition) is 2. The molecule has 0 fully saturated rings. The Bertz CT molecular complexity index is 1240. The minimum Gasteiger partial charge on any atom is -0.460 e. The minimum atomic E-state index is -3.68. The number of nitrogens with one attached hydrogen (secondary N) is 2. The molecule has 0 unspecified atom stereocenters. The van der Waals surface area contributed by atoms with Crippen molar-refractivity contribution >= 4 is 22.0 Å². The Morgan fingerprint density at radius 1 is 1.06 bits per heavy atom. The van der Waals surface area contributed by atoms with Crippen molar-refractivity contribution in [2.45, 2.75) is 24.8 Å². The van der Waals surface area contributed by atoms with Crippen molar-refractivity contribution < 1.29 is 17.6 Å². The minimum absolute atomic E-state index is 0.0603. The lowest BCUT2D eigenvalue weighted by molar-refractivity contribution is -0.117. The molecule has 1 heterocycles. The standard InChI is InChI=1S/C24H23N3O4S/c1-18-7-11-23(12-8-18)32(29,30)27-17-22-10-9-21(31-22)15-20(16-25)24(28)26-14-13-19-5-3-2-4-6-19/h2-12,15,27H,13-14,17H2,1H3,(H,26,28)/b20-15-. The van der Waals surface area contributed by atoms with Crippen LogP contribution in [0.3, 0.4) is 0 Å². The molecule has 164 valence electrons. The number of benzene rings is 2. The molecular formula is C24H23N3O4S. The topological polar surface area (TPSA) is 112 Å². The molecule has 3 rings (SSSR count). The van der Waals surface area contributed by atoms with E-state index in [1.165, 1.54) is 18.2 Å². The van der Waals surface area contributed by atoms with Crippen molar-refractivity contribution in [3.05, 3.63) is 95.0 Å². The molecule has 0 spiro atoms. The van der Waals surface area contributed by atoms with Gasteiger partial charge < -0.3 is 9.73 Å². The molecule has 0 aliphatic rings. The van der Waals surface area contributed by atoms with Gasteiger partial charge in [0.1, 0.15) is 23.2 Å². The van der Waals surface area contributed by atoms with E-state index >= 15 is 0 Å². The second-order valence-electron chi connectivity index (χ2n) is 7.10. The van der Waals surface area contributed by atoms with E-state index in [4.69, 9.17) is 4.42 Å². The van der Waals surface area contributed by atoms with Gasteiger partial charge >= 0.3 is 0 Å². The summed E-state index contributed by atoms with van der Waals surface area (Å²) in [4.78, 5) is 12.4. The number of hydrogen-bond acceptors (Lipinski definition) is 5.